The van der Waals surface area contributed by atoms with Gasteiger partial charge in [-0.3, -0.25) is 4.79 Å². The zero-order valence-electron chi connectivity index (χ0n) is 71.4. The maximum Gasteiger partial charge on any atom is 0.429 e. The van der Waals surface area contributed by atoms with Gasteiger partial charge in [-0.1, -0.05) is 192 Å². The quantitative estimate of drug-likeness (QED) is 0.0243. The molecule has 12 atom stereocenters. The molecule has 6 N–H and O–H groups in total. The predicted octanol–water partition coefficient (Wildman–Crippen LogP) is 23.5. The second kappa shape index (κ2) is 36.8. The van der Waals surface area contributed by atoms with Crippen LogP contribution in [0.2, 0.25) is 36.3 Å². The summed E-state index contributed by atoms with van der Waals surface area (Å²) in [5.41, 5.74) is -9.01. The SMILES string of the molecule is C=C1/C(=C\C=C2/CCC[C@@]3(C)C2CCC3C(C)(C/C=C\C(O)(C(F)(F)F)C(F)(F)F)CCCC(C)(C)O)C[C@@H](O)C[C@@H]1O.C=C1/C(=C\CP(=O)(c2ccccc2)c2ccccc2)CC(O[Si](C)(C)C(C)(C)C)C[C@@H]1O[Si](C)(C)C(C)(C)C.CC(C)(O)CCCC(C)(C/C=C\C(O)(C(F)(F)F)C(F)(F)F)C1CCC2C(=O)CCC[C@@]21C. The van der Waals surface area contributed by atoms with Crippen LogP contribution < -0.4 is 10.6 Å². The number of allylic oxidation sites excluding steroid dienone is 6. The standard InChI is InChI=1S/C33H48F6O4.C33H51O3PSi2.C24H36F6O3/c1-21-23(19-24(40)20-26(21)41)11-10-22-9-6-17-30(5)25(22)12-13-27(30)29(4,15-7-14-28(2,3)42)16-8-18-31(43,32(34,35)36)33(37,38)39;1-26-27(22-23-37(34,29-18-14-12-15-19-29)30-20-16-13-17-21-30)24-28(35-38(8,9)32(2,3)4)25-31(26)36-39(10,11)33(5,6)7;1-19(2,32)11-6-12-20(3,13-7-15-22(33,23(25,26)27)24(28,29)30)18-10-9-16-17(31)8-5-14-21(16,18)4/h8,10-11,18,24-27,40-43H,1,6-7,9,12-17,19-20H2,2-5H3;12-22,28,31H,1,23-25H2,2-11H3;7,15-16,18,32-33H,5-6,8-14H2,1-4H3/b18-8-,22-10+,23-11-;27-22-;15-7-/t24-,25?,26+,27?,29?,30+;28?,31-;16?,18?,20?,21-/m100/s1. The fourth-order valence-corrected chi connectivity index (χ4v) is 24.0. The fraction of sp³-hybridized carbons (Fsp3) is 0.700. The van der Waals surface area contributed by atoms with E-state index in [4.69, 9.17) is 8.85 Å². The summed E-state index contributed by atoms with van der Waals surface area (Å²) in [4.78, 5) is 12.5. The Labute approximate surface area is 680 Å². The molecule has 10 nitrogen and oxygen atoms in total. The summed E-state index contributed by atoms with van der Waals surface area (Å²) in [7, 11) is -6.90. The average molecular weight is 1690 g/mol. The van der Waals surface area contributed by atoms with Gasteiger partial charge in [0.2, 0.25) is 0 Å². The molecule has 6 saturated carbocycles. The molecule has 6 aliphatic carbocycles. The third-order valence-corrected chi connectivity index (χ3v) is 39.6. The molecule has 8 rings (SSSR count). The van der Waals surface area contributed by atoms with Crippen LogP contribution in [0.1, 0.15) is 238 Å². The summed E-state index contributed by atoms with van der Waals surface area (Å²) >= 11 is 0. The van der Waals surface area contributed by atoms with Crippen LogP contribution in [0.4, 0.5) is 52.7 Å². The van der Waals surface area contributed by atoms with Crippen molar-refractivity contribution in [2.24, 2.45) is 45.3 Å². The number of hydrogen-bond donors (Lipinski definition) is 6. The lowest BCUT2D eigenvalue weighted by atomic mass is 9.55. The van der Waals surface area contributed by atoms with Crippen molar-refractivity contribution in [3.8, 4) is 0 Å². The van der Waals surface area contributed by atoms with E-state index in [9.17, 15) is 92.7 Å². The van der Waals surface area contributed by atoms with Crippen LogP contribution in [-0.2, 0) is 18.2 Å². The molecule has 0 aromatic heterocycles. The Kier molecular flexibility index (Phi) is 31.9. The van der Waals surface area contributed by atoms with Gasteiger partial charge in [0.1, 0.15) is 12.9 Å². The minimum atomic E-state index is -5.92. The lowest BCUT2D eigenvalue weighted by molar-refractivity contribution is -0.348. The number of fused-ring (bicyclic) bond motifs is 2. The first-order valence-electron chi connectivity index (χ1n) is 41.1. The van der Waals surface area contributed by atoms with Crippen molar-refractivity contribution in [2.75, 3.05) is 6.16 Å². The Hall–Kier alpha value is -4.21. The highest BCUT2D eigenvalue weighted by Gasteiger charge is 2.70. The zero-order valence-corrected chi connectivity index (χ0v) is 74.3. The van der Waals surface area contributed by atoms with Crippen molar-refractivity contribution in [1.82, 2.24) is 0 Å². The number of ketones is 1. The molecule has 0 aliphatic heterocycles. The van der Waals surface area contributed by atoms with Crippen LogP contribution in [0, 0.1) is 45.3 Å². The monoisotopic (exact) mass is 1690 g/mol. The van der Waals surface area contributed by atoms with E-state index in [1.165, 1.54) is 5.57 Å². The van der Waals surface area contributed by atoms with Crippen LogP contribution in [0.15, 0.2) is 144 Å². The summed E-state index contributed by atoms with van der Waals surface area (Å²) in [5.74, 6) is 0.108. The predicted molar refractivity (Wildman–Crippen MR) is 441 cm³/mol. The molecule has 0 spiro atoms. The number of Topliss-reactive ketones (excluding diaryl/α,β-unsaturated/α-hetero) is 1. The Morgan fingerprint density at radius 2 is 0.939 bits per heavy atom. The van der Waals surface area contributed by atoms with E-state index in [0.717, 1.165) is 97.3 Å². The van der Waals surface area contributed by atoms with E-state index < -0.39 is 93.9 Å². The average Bonchev–Trinajstić information content (AvgIpc) is 1.59. The molecule has 0 amide bonds. The van der Waals surface area contributed by atoms with E-state index >= 15 is 0 Å². The van der Waals surface area contributed by atoms with Gasteiger partial charge in [0.25, 0.3) is 11.2 Å². The van der Waals surface area contributed by atoms with Crippen molar-refractivity contribution in [2.45, 2.75) is 346 Å². The van der Waals surface area contributed by atoms with Gasteiger partial charge in [-0.2, -0.15) is 52.7 Å². The van der Waals surface area contributed by atoms with Crippen LogP contribution in [-0.4, -0.2) is 131 Å². The van der Waals surface area contributed by atoms with Crippen molar-refractivity contribution in [3.63, 3.8) is 0 Å². The summed E-state index contributed by atoms with van der Waals surface area (Å²) < 4.78 is 187. The Morgan fingerprint density at radius 1 is 0.530 bits per heavy atom. The number of rotatable bonds is 25. The zero-order chi connectivity index (χ0) is 87.4. The number of aliphatic hydroxyl groups excluding tert-OH is 2. The molecule has 0 radical (unpaired) electrons. The summed E-state index contributed by atoms with van der Waals surface area (Å²) in [5, 5.41) is 61.9. The van der Waals surface area contributed by atoms with Crippen LogP contribution in [0.25, 0.3) is 0 Å². The van der Waals surface area contributed by atoms with Gasteiger partial charge >= 0.3 is 24.7 Å². The van der Waals surface area contributed by atoms with Gasteiger partial charge in [0.05, 0.1) is 35.6 Å². The van der Waals surface area contributed by atoms with Gasteiger partial charge < -0.3 is 44.1 Å². The highest BCUT2D eigenvalue weighted by Crippen LogP contribution is 2.65. The number of halogens is 12. The first-order valence-corrected chi connectivity index (χ1v) is 48.8. The smallest absolute Gasteiger partial charge is 0.413 e. The lowest BCUT2D eigenvalue weighted by Gasteiger charge is -2.49. The molecule has 25 heteroatoms. The van der Waals surface area contributed by atoms with Crippen LogP contribution >= 0.6 is 7.14 Å². The van der Waals surface area contributed by atoms with E-state index in [-0.39, 0.29) is 94.0 Å². The second-order valence-corrected chi connectivity index (χ2v) is 52.0. The molecular formula is C90H135F12O10PSi2. The largest absolute Gasteiger partial charge is 0.429 e. The first kappa shape index (κ1) is 99.6. The molecular weight excluding hydrogens is 1560 g/mol. The second-order valence-electron chi connectivity index (χ2n) is 39.6. The van der Waals surface area contributed by atoms with Crippen molar-refractivity contribution >= 4 is 40.2 Å². The molecule has 2 aromatic carbocycles. The fourth-order valence-electron chi connectivity index (χ4n) is 18.8. The van der Waals surface area contributed by atoms with Gasteiger partial charge in [-0.25, -0.2) is 0 Å². The molecule has 0 bridgehead atoms. The number of carbonyl (C=O) groups excluding carboxylic acids is 1. The minimum Gasteiger partial charge on any atom is -0.413 e. The number of carbonyl (C=O) groups is 1. The topological polar surface area (TPSA) is 174 Å². The molecule has 652 valence electrons. The molecule has 6 fully saturated rings. The third-order valence-electron chi connectivity index (χ3n) is 27.6. The Morgan fingerprint density at radius 3 is 1.36 bits per heavy atom. The maximum atomic E-state index is 14.7. The first-order chi connectivity index (χ1) is 52.2. The van der Waals surface area contributed by atoms with Crippen molar-refractivity contribution < 1.29 is 102 Å². The van der Waals surface area contributed by atoms with E-state index in [1.807, 2.05) is 93.6 Å². The van der Waals surface area contributed by atoms with Gasteiger partial charge in [0, 0.05) is 42.0 Å². The highest BCUT2D eigenvalue weighted by molar-refractivity contribution is 7.78. The number of benzene rings is 2. The van der Waals surface area contributed by atoms with Gasteiger partial charge in [-0.15, -0.1) is 0 Å². The molecule has 7 unspecified atom stereocenters. The lowest BCUT2D eigenvalue weighted by Crippen LogP contribution is -2.55. The molecule has 115 heavy (non-hydrogen) atoms. The van der Waals surface area contributed by atoms with Crippen molar-refractivity contribution in [3.05, 3.63) is 144 Å². The maximum absolute atomic E-state index is 14.7. The van der Waals surface area contributed by atoms with Gasteiger partial charge in [-0.05, 0) is 247 Å². The summed E-state index contributed by atoms with van der Waals surface area (Å²) in [6, 6.07) is 19.8. The van der Waals surface area contributed by atoms with Crippen molar-refractivity contribution in [1.29, 1.82) is 0 Å². The van der Waals surface area contributed by atoms with E-state index in [0.29, 0.717) is 75.9 Å². The highest BCUT2D eigenvalue weighted by atomic mass is 31.2. The van der Waals surface area contributed by atoms with E-state index in [2.05, 4.69) is 93.9 Å². The Balaban J connectivity index is 0.000000271. The summed E-state index contributed by atoms with van der Waals surface area (Å²) in [6.45, 7) is 46.1. The number of alkyl halides is 12. The summed E-state index contributed by atoms with van der Waals surface area (Å²) in [6.07, 6.45) is -4.74. The normalized spacial score (nSPS) is 27.8. The molecule has 0 saturated heterocycles. The number of hydrogen-bond acceptors (Lipinski definition) is 10. The molecule has 2 aromatic rings. The van der Waals surface area contributed by atoms with Crippen LogP contribution in [0.5, 0.6) is 0 Å². The minimum absolute atomic E-state index is 0.0223. The molecule has 0 heterocycles. The third kappa shape index (κ3) is 24.0. The number of aliphatic hydroxyl groups is 6. The van der Waals surface area contributed by atoms with Gasteiger partial charge in [0.15, 0.2) is 16.6 Å². The van der Waals surface area contributed by atoms with E-state index in [1.54, 1.807) is 27.7 Å². The Bertz CT molecular complexity index is 3740. The molecule has 6 aliphatic rings. The van der Waals surface area contributed by atoms with Crippen LogP contribution in [0.3, 0.4) is 0 Å².